The van der Waals surface area contributed by atoms with Crippen molar-refractivity contribution in [3.63, 3.8) is 0 Å². The number of carboxylic acid groups (broad SMARTS) is 1. The van der Waals surface area contributed by atoms with Gasteiger partial charge >= 0.3 is 5.97 Å². The summed E-state index contributed by atoms with van der Waals surface area (Å²) in [5.74, 6) is -8.71. The number of aliphatic imine (C=N–C) groups is 1. The van der Waals surface area contributed by atoms with Crippen LogP contribution < -0.4 is 83.1 Å². The maximum atomic E-state index is 14.4. The Bertz CT molecular complexity index is 2420. The van der Waals surface area contributed by atoms with E-state index in [4.69, 9.17) is 45.9 Å². The van der Waals surface area contributed by atoms with E-state index in [1.165, 1.54) is 11.0 Å². The topological polar surface area (TPSA) is 538 Å². The van der Waals surface area contributed by atoms with Crippen molar-refractivity contribution in [1.29, 1.82) is 0 Å². The number of amides is 8. The highest BCUT2D eigenvalue weighted by molar-refractivity contribution is 5.99. The number of unbranched alkanes of at least 4 members (excludes halogenated alkanes) is 2. The standard InChI is InChI=1S/C49H82N18O12/c50-17-5-3-11-29(55)41(71)65-40(37(69)24-54)46(76)66-39(36(68)23-53)45(75)60-26-38(70)61-32(14-7-19-52)47(77)67-21-9-16-35(67)44(74)64-34(22-27-25-59-30-12-2-1-10-28(27)30)43(73)62-31(13-4-6-18-51)42(72)63-33(48(78)79)15-8-20-58-49(56)57/h1-2,10,12,15,25,29,31-32,34-37,39-40,59,68-69H,3-9,11,13-14,16-24,26,50-55H2,(H,60,75)(H,61,70)(H,62,73)(H,63,72)(H,64,74)(H,65,71)(H,66,76)(H,78,79)(H4,56,57,58)/b33-15-/t29?,31-,32+,34?,35-,36-,37-,39-,40-/m0/s1. The second-order valence-electron chi connectivity index (χ2n) is 18.9. The smallest absolute Gasteiger partial charge is 0.352 e. The Morgan fingerprint density at radius 3 is 1.97 bits per heavy atom. The second kappa shape index (κ2) is 34.5. The van der Waals surface area contributed by atoms with E-state index < -0.39 is 133 Å². The molecule has 2 unspecified atom stereocenters. The van der Waals surface area contributed by atoms with Gasteiger partial charge in [0.15, 0.2) is 5.96 Å². The summed E-state index contributed by atoms with van der Waals surface area (Å²) in [7, 11) is 0. The van der Waals surface area contributed by atoms with Crippen LogP contribution in [-0.2, 0) is 49.6 Å². The summed E-state index contributed by atoms with van der Waals surface area (Å²) in [6.45, 7) is -1.04. The molecule has 79 heavy (non-hydrogen) atoms. The normalized spacial score (nSPS) is 16.4. The van der Waals surface area contributed by atoms with Crippen LogP contribution in [0.3, 0.4) is 0 Å². The minimum Gasteiger partial charge on any atom is -0.477 e. The monoisotopic (exact) mass is 1110 g/mol. The molecular formula is C49H82N18O12. The maximum Gasteiger partial charge on any atom is 0.352 e. The molecule has 8 amide bonds. The molecule has 1 saturated heterocycles. The number of guanidine groups is 1. The third-order valence-electron chi connectivity index (χ3n) is 12.9. The van der Waals surface area contributed by atoms with E-state index in [-0.39, 0.29) is 77.1 Å². The van der Waals surface area contributed by atoms with Gasteiger partial charge in [-0.1, -0.05) is 30.7 Å². The number of likely N-dealkylation sites (tertiary alicyclic amines) is 1. The first-order chi connectivity index (χ1) is 37.7. The predicted molar refractivity (Wildman–Crippen MR) is 291 cm³/mol. The molecule has 0 saturated carbocycles. The highest BCUT2D eigenvalue weighted by Crippen LogP contribution is 2.22. The zero-order valence-electron chi connectivity index (χ0n) is 44.3. The fourth-order valence-electron chi connectivity index (χ4n) is 8.54. The molecule has 0 aliphatic carbocycles. The Morgan fingerprint density at radius 2 is 1.34 bits per heavy atom. The largest absolute Gasteiger partial charge is 0.477 e. The quantitative estimate of drug-likeness (QED) is 0.0130. The van der Waals surface area contributed by atoms with Gasteiger partial charge in [0.2, 0.25) is 47.3 Å². The van der Waals surface area contributed by atoms with Crippen molar-refractivity contribution in [3.8, 4) is 0 Å². The number of nitrogens with zero attached hydrogens (tertiary/aromatic N) is 2. The lowest BCUT2D eigenvalue weighted by molar-refractivity contribution is -0.142. The van der Waals surface area contributed by atoms with E-state index in [9.17, 15) is 58.5 Å². The number of aromatic amines is 1. The first-order valence-corrected chi connectivity index (χ1v) is 26.3. The highest BCUT2D eigenvalue weighted by Gasteiger charge is 2.40. The number of aliphatic carboxylic acids is 1. The van der Waals surface area contributed by atoms with Crippen LogP contribution in [0.2, 0.25) is 0 Å². The van der Waals surface area contributed by atoms with Crippen molar-refractivity contribution >= 4 is 70.1 Å². The molecule has 1 aliphatic rings. The van der Waals surface area contributed by atoms with Gasteiger partial charge in [0.1, 0.15) is 41.9 Å². The number of fused-ring (bicyclic) bond motifs is 1. The molecule has 2 heterocycles. The zero-order chi connectivity index (χ0) is 58.6. The SMILES string of the molecule is NCCCCC(N)C(=O)N[C@H](C(=O)N[C@H](C(=O)NCC(=O)N[C@H](CCCN)C(=O)N1CCC[C@H]1C(=O)NC(Cc1c[nH]c2ccccc12)C(=O)N[C@@H](CCCCN)C(=O)N/C(=C\CCN=C(N)N)C(=O)O)[C@@H](O)CN)[C@@H](O)CN. The molecule has 3 rings (SSSR count). The number of H-pyrrole nitrogens is 1. The third-order valence-corrected chi connectivity index (χ3v) is 12.9. The van der Waals surface area contributed by atoms with Crippen LogP contribution in [0, 0.1) is 0 Å². The number of rotatable bonds is 36. The Morgan fingerprint density at radius 1 is 0.722 bits per heavy atom. The van der Waals surface area contributed by atoms with Crippen molar-refractivity contribution in [2.24, 2.45) is 50.9 Å². The van der Waals surface area contributed by atoms with Gasteiger partial charge in [-0.3, -0.25) is 43.3 Å². The molecule has 1 aliphatic heterocycles. The molecule has 30 heteroatoms. The molecule has 1 aromatic heterocycles. The number of carboxylic acids is 1. The van der Waals surface area contributed by atoms with E-state index in [1.807, 2.05) is 12.1 Å². The van der Waals surface area contributed by atoms with E-state index >= 15 is 0 Å². The van der Waals surface area contributed by atoms with Crippen molar-refractivity contribution in [2.75, 3.05) is 52.4 Å². The third kappa shape index (κ3) is 21.4. The van der Waals surface area contributed by atoms with Gasteiger partial charge in [-0.2, -0.15) is 0 Å². The van der Waals surface area contributed by atoms with E-state index in [0.29, 0.717) is 44.2 Å². The summed E-state index contributed by atoms with van der Waals surface area (Å²) in [6.07, 6.45) is 2.29. The van der Waals surface area contributed by atoms with Crippen LogP contribution in [0.1, 0.15) is 76.2 Å². The van der Waals surface area contributed by atoms with Crippen molar-refractivity contribution < 1.29 is 58.5 Å². The van der Waals surface area contributed by atoms with Gasteiger partial charge in [-0.05, 0) is 95.5 Å². The Kier molecular flexibility index (Phi) is 28.8. The number of aliphatic hydroxyl groups excluding tert-OH is 2. The summed E-state index contributed by atoms with van der Waals surface area (Å²) >= 11 is 0. The van der Waals surface area contributed by atoms with Crippen molar-refractivity contribution in [1.82, 2.24) is 47.1 Å². The Balaban J connectivity index is 1.83. The van der Waals surface area contributed by atoms with E-state index in [2.05, 4.69) is 47.2 Å². The van der Waals surface area contributed by atoms with Gasteiger partial charge in [0, 0.05) is 49.7 Å². The molecule has 0 bridgehead atoms. The van der Waals surface area contributed by atoms with Gasteiger partial charge in [-0.15, -0.1) is 0 Å². The van der Waals surface area contributed by atoms with Gasteiger partial charge in [0.05, 0.1) is 24.8 Å². The fourth-order valence-corrected chi connectivity index (χ4v) is 8.54. The molecule has 9 atom stereocenters. The Hall–Kier alpha value is -7.32. The number of benzene rings is 1. The number of aliphatic hydroxyl groups is 2. The van der Waals surface area contributed by atoms with Gasteiger partial charge in [0.25, 0.3) is 0 Å². The van der Waals surface area contributed by atoms with Crippen molar-refractivity contribution in [2.45, 2.75) is 132 Å². The van der Waals surface area contributed by atoms with Crippen molar-refractivity contribution in [3.05, 3.63) is 47.8 Å². The van der Waals surface area contributed by atoms with Crippen LogP contribution in [0.4, 0.5) is 0 Å². The molecule has 1 fully saturated rings. The van der Waals surface area contributed by atoms with Crippen LogP contribution in [-0.4, -0.2) is 191 Å². The number of hydrogen-bond acceptors (Lipinski definition) is 18. The Labute approximate surface area is 457 Å². The summed E-state index contributed by atoms with van der Waals surface area (Å²) in [6, 6.07) is -2.53. The number of para-hydroxylation sites is 1. The average molecular weight is 1120 g/mol. The van der Waals surface area contributed by atoms with E-state index in [1.54, 1.807) is 18.3 Å². The first kappa shape index (κ1) is 66.0. The highest BCUT2D eigenvalue weighted by atomic mass is 16.4. The molecular weight excluding hydrogens is 1030 g/mol. The summed E-state index contributed by atoms with van der Waals surface area (Å²) in [4.78, 5) is 130. The lowest BCUT2D eigenvalue weighted by Crippen LogP contribution is -2.63. The summed E-state index contributed by atoms with van der Waals surface area (Å²) in [5.41, 5.74) is 45.8. The summed E-state index contributed by atoms with van der Waals surface area (Å²) < 4.78 is 0. The molecule has 30 nitrogen and oxygen atoms in total. The number of nitrogens with two attached hydrogens (primary N) is 8. The van der Waals surface area contributed by atoms with Crippen LogP contribution in [0.25, 0.3) is 10.9 Å². The second-order valence-corrected chi connectivity index (χ2v) is 18.9. The zero-order valence-corrected chi connectivity index (χ0v) is 44.3. The minimum atomic E-state index is -1.83. The minimum absolute atomic E-state index is 0.00800. The van der Waals surface area contributed by atoms with Gasteiger partial charge < -0.3 is 108 Å². The molecule has 27 N–H and O–H groups in total. The molecule has 1 aromatic carbocycles. The number of carbonyl (C=O) groups excluding carboxylic acids is 8. The number of carbonyl (C=O) groups is 9. The first-order valence-electron chi connectivity index (χ1n) is 26.3. The molecule has 2 aromatic rings. The van der Waals surface area contributed by atoms with Crippen LogP contribution in [0.15, 0.2) is 47.2 Å². The lowest BCUT2D eigenvalue weighted by atomic mass is 10.0. The van der Waals surface area contributed by atoms with Crippen LogP contribution >= 0.6 is 0 Å². The number of hydrogen-bond donors (Lipinski definition) is 19. The number of nitrogens with one attached hydrogen (secondary N) is 8. The lowest BCUT2D eigenvalue weighted by Gasteiger charge is -2.30. The maximum absolute atomic E-state index is 14.4. The molecule has 0 radical (unpaired) electrons. The summed E-state index contributed by atoms with van der Waals surface area (Å²) in [5, 5.41) is 49.0. The van der Waals surface area contributed by atoms with Gasteiger partial charge in [-0.25, -0.2) is 4.79 Å². The average Bonchev–Trinajstić information content (AvgIpc) is 4.11. The predicted octanol–water partition coefficient (Wildman–Crippen LogP) is -7.05. The van der Waals surface area contributed by atoms with Crippen LogP contribution in [0.5, 0.6) is 0 Å². The fraction of sp³-hybridized carbons (Fsp3) is 0.592. The van der Waals surface area contributed by atoms with E-state index in [0.717, 1.165) is 10.9 Å². The number of aromatic nitrogens is 1. The molecule has 0 spiro atoms. The molecule has 440 valence electrons.